The first-order valence-electron chi connectivity index (χ1n) is 11.2. The SMILES string of the molecule is Cc1ccccc1C1/C(=C(\O)c2cccc3ccccc23)C(=O)C(=O)N1c1ccc(C(F)(F)F)cc1. The summed E-state index contributed by atoms with van der Waals surface area (Å²) in [5.41, 5.74) is 0.854. The molecule has 1 saturated heterocycles. The minimum atomic E-state index is -4.55. The number of fused-ring (bicyclic) bond motifs is 1. The van der Waals surface area contributed by atoms with Crippen molar-refractivity contribution in [1.82, 2.24) is 0 Å². The first-order chi connectivity index (χ1) is 17.2. The van der Waals surface area contributed by atoms with Crippen LogP contribution in [-0.2, 0) is 15.8 Å². The fourth-order valence-electron chi connectivity index (χ4n) is 4.67. The molecule has 1 heterocycles. The maximum atomic E-state index is 13.4. The number of Topliss-reactive ketones (excluding diaryl/α,β-unsaturated/α-hetero) is 1. The highest BCUT2D eigenvalue weighted by Gasteiger charge is 2.47. The van der Waals surface area contributed by atoms with E-state index in [9.17, 15) is 27.9 Å². The number of aliphatic hydroxyl groups excluding tert-OH is 1. The van der Waals surface area contributed by atoms with E-state index in [1.165, 1.54) is 0 Å². The number of rotatable bonds is 3. The molecule has 7 heteroatoms. The Balaban J connectivity index is 1.75. The summed E-state index contributed by atoms with van der Waals surface area (Å²) in [6.07, 6.45) is -4.55. The number of alkyl halides is 3. The van der Waals surface area contributed by atoms with Crippen molar-refractivity contribution in [3.63, 3.8) is 0 Å². The molecule has 4 nitrogen and oxygen atoms in total. The molecule has 0 aromatic heterocycles. The van der Waals surface area contributed by atoms with Gasteiger partial charge in [-0.2, -0.15) is 13.2 Å². The van der Waals surface area contributed by atoms with E-state index >= 15 is 0 Å². The third-order valence-electron chi connectivity index (χ3n) is 6.45. The molecule has 1 fully saturated rings. The molecular formula is C29H20F3NO3. The van der Waals surface area contributed by atoms with Gasteiger partial charge in [0.25, 0.3) is 11.7 Å². The maximum absolute atomic E-state index is 13.4. The van der Waals surface area contributed by atoms with E-state index in [1.54, 1.807) is 55.5 Å². The van der Waals surface area contributed by atoms with E-state index in [-0.39, 0.29) is 17.0 Å². The summed E-state index contributed by atoms with van der Waals surface area (Å²) in [5, 5.41) is 13.0. The topological polar surface area (TPSA) is 57.6 Å². The van der Waals surface area contributed by atoms with E-state index in [1.807, 2.05) is 18.2 Å². The molecule has 5 rings (SSSR count). The van der Waals surface area contributed by atoms with Crippen LogP contribution in [0.4, 0.5) is 18.9 Å². The van der Waals surface area contributed by atoms with Gasteiger partial charge >= 0.3 is 6.18 Å². The van der Waals surface area contributed by atoms with Gasteiger partial charge in [0.15, 0.2) is 0 Å². The Kier molecular flexibility index (Phi) is 5.63. The second-order valence-electron chi connectivity index (χ2n) is 8.60. The lowest BCUT2D eigenvalue weighted by Crippen LogP contribution is -2.29. The Morgan fingerprint density at radius 3 is 2.17 bits per heavy atom. The van der Waals surface area contributed by atoms with Crippen LogP contribution in [0.1, 0.15) is 28.3 Å². The number of halogens is 3. The average Bonchev–Trinajstić information content (AvgIpc) is 3.13. The van der Waals surface area contributed by atoms with Gasteiger partial charge in [0.1, 0.15) is 5.76 Å². The second kappa shape index (κ2) is 8.68. The Morgan fingerprint density at radius 1 is 0.833 bits per heavy atom. The average molecular weight is 487 g/mol. The molecule has 0 radical (unpaired) electrons. The molecule has 1 amide bonds. The fraction of sp³-hybridized carbons (Fsp3) is 0.103. The molecule has 1 N–H and O–H groups in total. The molecule has 1 unspecified atom stereocenters. The van der Waals surface area contributed by atoms with Crippen LogP contribution in [0.2, 0.25) is 0 Å². The number of ketones is 1. The number of carbonyl (C=O) groups excluding carboxylic acids is 2. The van der Waals surface area contributed by atoms with Crippen LogP contribution in [0.15, 0.2) is 96.6 Å². The van der Waals surface area contributed by atoms with Gasteiger partial charge in [-0.15, -0.1) is 0 Å². The number of amides is 1. The molecule has 36 heavy (non-hydrogen) atoms. The van der Waals surface area contributed by atoms with Gasteiger partial charge in [-0.25, -0.2) is 0 Å². The zero-order valence-electron chi connectivity index (χ0n) is 19.1. The zero-order chi connectivity index (χ0) is 25.6. The van der Waals surface area contributed by atoms with Crippen LogP contribution in [0, 0.1) is 6.92 Å². The third-order valence-corrected chi connectivity index (χ3v) is 6.45. The van der Waals surface area contributed by atoms with Crippen molar-refractivity contribution in [2.45, 2.75) is 19.1 Å². The number of benzene rings is 4. The van der Waals surface area contributed by atoms with Gasteiger partial charge < -0.3 is 5.11 Å². The van der Waals surface area contributed by atoms with Crippen molar-refractivity contribution in [1.29, 1.82) is 0 Å². The molecule has 1 atom stereocenters. The van der Waals surface area contributed by atoms with Crippen LogP contribution in [0.3, 0.4) is 0 Å². The maximum Gasteiger partial charge on any atom is 0.416 e. The summed E-state index contributed by atoms with van der Waals surface area (Å²) in [7, 11) is 0. The Labute approximate surface area is 204 Å². The Hall–Kier alpha value is -4.39. The van der Waals surface area contributed by atoms with E-state index in [4.69, 9.17) is 0 Å². The smallest absolute Gasteiger partial charge is 0.416 e. The number of nitrogens with zero attached hydrogens (tertiary/aromatic N) is 1. The van der Waals surface area contributed by atoms with E-state index in [0.717, 1.165) is 40.1 Å². The Bertz CT molecular complexity index is 1530. The highest BCUT2D eigenvalue weighted by Crippen LogP contribution is 2.44. The van der Waals surface area contributed by atoms with Crippen molar-refractivity contribution in [3.05, 3.63) is 119 Å². The zero-order valence-corrected chi connectivity index (χ0v) is 19.1. The molecule has 4 aromatic rings. The van der Waals surface area contributed by atoms with Gasteiger partial charge in [0, 0.05) is 11.3 Å². The van der Waals surface area contributed by atoms with Crippen molar-refractivity contribution in [2.24, 2.45) is 0 Å². The number of aliphatic hydroxyl groups is 1. The first kappa shape index (κ1) is 23.4. The number of aryl methyl sites for hydroxylation is 1. The van der Waals surface area contributed by atoms with Crippen molar-refractivity contribution < 1.29 is 27.9 Å². The van der Waals surface area contributed by atoms with Gasteiger partial charge in [0.05, 0.1) is 17.2 Å². The minimum Gasteiger partial charge on any atom is -0.507 e. The highest BCUT2D eigenvalue weighted by molar-refractivity contribution is 6.51. The molecule has 0 aliphatic carbocycles. The van der Waals surface area contributed by atoms with Gasteiger partial charge in [-0.3, -0.25) is 14.5 Å². The van der Waals surface area contributed by atoms with Crippen LogP contribution in [0.5, 0.6) is 0 Å². The predicted molar refractivity (Wildman–Crippen MR) is 131 cm³/mol. The van der Waals surface area contributed by atoms with Gasteiger partial charge in [0.2, 0.25) is 0 Å². The fourth-order valence-corrected chi connectivity index (χ4v) is 4.67. The van der Waals surface area contributed by atoms with Crippen molar-refractivity contribution in [2.75, 3.05) is 4.90 Å². The summed E-state index contributed by atoms with van der Waals surface area (Å²) >= 11 is 0. The van der Waals surface area contributed by atoms with Crippen molar-refractivity contribution in [3.8, 4) is 0 Å². The number of anilines is 1. The minimum absolute atomic E-state index is 0.120. The summed E-state index contributed by atoms with van der Waals surface area (Å²) in [5.74, 6) is -2.17. The van der Waals surface area contributed by atoms with Crippen LogP contribution in [0.25, 0.3) is 16.5 Å². The van der Waals surface area contributed by atoms with Crippen LogP contribution >= 0.6 is 0 Å². The first-order valence-corrected chi connectivity index (χ1v) is 11.2. The number of carbonyl (C=O) groups is 2. The highest BCUT2D eigenvalue weighted by atomic mass is 19.4. The molecule has 1 aliphatic rings. The lowest BCUT2D eigenvalue weighted by molar-refractivity contribution is -0.137. The van der Waals surface area contributed by atoms with E-state index < -0.39 is 29.5 Å². The van der Waals surface area contributed by atoms with Gasteiger partial charge in [-0.05, 0) is 53.1 Å². The largest absolute Gasteiger partial charge is 0.507 e. The Morgan fingerprint density at radius 2 is 1.47 bits per heavy atom. The lowest BCUT2D eigenvalue weighted by Gasteiger charge is -2.27. The second-order valence-corrected chi connectivity index (χ2v) is 8.60. The summed E-state index contributed by atoms with van der Waals surface area (Å²) in [6.45, 7) is 1.81. The molecular weight excluding hydrogens is 467 g/mol. The van der Waals surface area contributed by atoms with E-state index in [0.29, 0.717) is 16.5 Å². The molecule has 4 aromatic carbocycles. The summed E-state index contributed by atoms with van der Waals surface area (Å²) in [6, 6.07) is 22.7. The normalized spacial score (nSPS) is 17.7. The standard InChI is InChI=1S/C29H20F3NO3/c1-17-7-2-4-10-21(17)25-24(26(34)23-12-6-9-18-8-3-5-11-22(18)23)27(35)28(36)33(25)20-15-13-19(14-16-20)29(30,31)32/h2-16,25,34H,1H3/b26-24+. The van der Waals surface area contributed by atoms with E-state index in [2.05, 4.69) is 0 Å². The summed E-state index contributed by atoms with van der Waals surface area (Å²) in [4.78, 5) is 27.8. The third kappa shape index (κ3) is 3.82. The van der Waals surface area contributed by atoms with Crippen LogP contribution in [-0.4, -0.2) is 16.8 Å². The predicted octanol–water partition coefficient (Wildman–Crippen LogP) is 6.79. The molecule has 1 aliphatic heterocycles. The quantitative estimate of drug-likeness (QED) is 0.197. The number of hydrogen-bond donors (Lipinski definition) is 1. The molecule has 0 saturated carbocycles. The van der Waals surface area contributed by atoms with Crippen molar-refractivity contribution >= 4 is 33.9 Å². The van der Waals surface area contributed by atoms with Crippen LogP contribution < -0.4 is 4.90 Å². The summed E-state index contributed by atoms with van der Waals surface area (Å²) < 4.78 is 39.4. The molecule has 0 spiro atoms. The van der Waals surface area contributed by atoms with Gasteiger partial charge in [-0.1, -0.05) is 66.7 Å². The number of hydrogen-bond acceptors (Lipinski definition) is 3. The monoisotopic (exact) mass is 487 g/mol. The molecule has 180 valence electrons. The molecule has 0 bridgehead atoms. The lowest BCUT2D eigenvalue weighted by atomic mass is 9.91.